The molecule has 4 heteroatoms. The van der Waals surface area contributed by atoms with Crippen LogP contribution in [0.1, 0.15) is 25.0 Å². The van der Waals surface area contributed by atoms with Crippen molar-refractivity contribution >= 4 is 60.9 Å². The molecule has 13 rings (SSSR count). The molecule has 1 aliphatic carbocycles. The van der Waals surface area contributed by atoms with Crippen LogP contribution in [0.2, 0.25) is 0 Å². The van der Waals surface area contributed by atoms with Crippen LogP contribution in [0.4, 0.5) is 17.1 Å². The van der Waals surface area contributed by atoms with Crippen molar-refractivity contribution in [1.29, 1.82) is 0 Å². The number of hydrogen-bond acceptors (Lipinski definition) is 4. The van der Waals surface area contributed by atoms with Crippen LogP contribution in [0.15, 0.2) is 227 Å². The Kier molecular flexibility index (Phi) is 8.53. The van der Waals surface area contributed by atoms with E-state index in [0.29, 0.717) is 5.89 Å². The molecule has 0 unspecified atom stereocenters. The average molecular weight is 847 g/mol. The number of rotatable bonds is 7. The number of nitrogens with zero attached hydrogens (tertiary/aromatic N) is 2. The SMILES string of the molecule is CC1(C)c2ccccc2-c2ccc(N(c3ccc(-c4ccc(-c5ccccc5)cc4)cc3)c3ccc4oc5cc6ccccc6c(-c6cccc7nc(-c8ccccc8)oc67)c5c4c3)cc21. The minimum Gasteiger partial charge on any atom is -0.456 e. The maximum Gasteiger partial charge on any atom is 0.227 e. The van der Waals surface area contributed by atoms with E-state index in [0.717, 1.165) is 83.1 Å². The molecular weight excluding hydrogens is 805 g/mol. The first-order valence-electron chi connectivity index (χ1n) is 22.6. The second-order valence-electron chi connectivity index (χ2n) is 17.9. The van der Waals surface area contributed by atoms with E-state index in [9.17, 15) is 0 Å². The maximum atomic E-state index is 6.82. The summed E-state index contributed by atoms with van der Waals surface area (Å²) in [4.78, 5) is 7.37. The highest BCUT2D eigenvalue weighted by Gasteiger charge is 2.36. The van der Waals surface area contributed by atoms with Gasteiger partial charge in [-0.25, -0.2) is 4.98 Å². The minimum atomic E-state index is -0.161. The zero-order valence-corrected chi connectivity index (χ0v) is 36.5. The van der Waals surface area contributed by atoms with Crippen molar-refractivity contribution in [1.82, 2.24) is 4.98 Å². The monoisotopic (exact) mass is 846 g/mol. The van der Waals surface area contributed by atoms with Crippen LogP contribution in [-0.4, -0.2) is 4.98 Å². The lowest BCUT2D eigenvalue weighted by Gasteiger charge is -2.28. The minimum absolute atomic E-state index is 0.161. The fraction of sp³-hybridized carbons (Fsp3) is 0.0484. The number of hydrogen-bond donors (Lipinski definition) is 0. The Bertz CT molecular complexity index is 3830. The van der Waals surface area contributed by atoms with Crippen molar-refractivity contribution in [3.63, 3.8) is 0 Å². The smallest absolute Gasteiger partial charge is 0.227 e. The first-order valence-corrected chi connectivity index (χ1v) is 22.6. The van der Waals surface area contributed by atoms with Gasteiger partial charge in [0, 0.05) is 49.9 Å². The zero-order valence-electron chi connectivity index (χ0n) is 36.5. The van der Waals surface area contributed by atoms with E-state index in [1.807, 2.05) is 36.4 Å². The third-order valence-electron chi connectivity index (χ3n) is 13.7. The van der Waals surface area contributed by atoms with E-state index in [1.165, 1.54) is 38.9 Å². The number of fused-ring (bicyclic) bond motifs is 8. The molecule has 0 bridgehead atoms. The molecule has 2 aromatic heterocycles. The van der Waals surface area contributed by atoms with Gasteiger partial charge in [-0.2, -0.15) is 0 Å². The second-order valence-corrected chi connectivity index (χ2v) is 17.9. The summed E-state index contributed by atoms with van der Waals surface area (Å²) in [5.41, 5.74) is 19.2. The summed E-state index contributed by atoms with van der Waals surface area (Å²) in [6, 6.07) is 77.9. The fourth-order valence-corrected chi connectivity index (χ4v) is 10.4. The summed E-state index contributed by atoms with van der Waals surface area (Å²) in [6.07, 6.45) is 0. The lowest BCUT2D eigenvalue weighted by molar-refractivity contribution is 0.621. The highest BCUT2D eigenvalue weighted by Crippen LogP contribution is 2.52. The summed E-state index contributed by atoms with van der Waals surface area (Å²) < 4.78 is 13.5. The molecule has 4 nitrogen and oxygen atoms in total. The third-order valence-corrected chi connectivity index (χ3v) is 13.7. The topological polar surface area (TPSA) is 42.4 Å². The van der Waals surface area contributed by atoms with Gasteiger partial charge in [0.15, 0.2) is 5.58 Å². The van der Waals surface area contributed by atoms with Gasteiger partial charge in [-0.15, -0.1) is 0 Å². The van der Waals surface area contributed by atoms with Crippen LogP contribution in [0.5, 0.6) is 0 Å². The zero-order chi connectivity index (χ0) is 43.9. The van der Waals surface area contributed by atoms with Crippen molar-refractivity contribution in [2.45, 2.75) is 19.3 Å². The van der Waals surface area contributed by atoms with Crippen molar-refractivity contribution in [3.05, 3.63) is 230 Å². The Morgan fingerprint density at radius 1 is 0.409 bits per heavy atom. The standard InChI is InChI=1S/C62H42N2O2/c1-62(2)53-22-12-11-20-49(53)50-34-32-47(38-54(50)62)64(45-30-28-42(29-31-45)41-26-24-40(25-27-41)39-14-5-3-6-15-39)46-33-35-56-52(37-46)59-57(65-56)36-44-18-9-10-19-48(44)58(59)51-21-13-23-55-60(51)66-61(63-55)43-16-7-4-8-17-43/h3-38H,1-2H3. The molecule has 312 valence electrons. The van der Waals surface area contributed by atoms with Crippen molar-refractivity contribution in [2.24, 2.45) is 0 Å². The molecule has 0 atom stereocenters. The van der Waals surface area contributed by atoms with E-state index in [4.69, 9.17) is 13.8 Å². The number of benzene rings is 10. The van der Waals surface area contributed by atoms with Gasteiger partial charge in [0.2, 0.25) is 5.89 Å². The summed E-state index contributed by atoms with van der Waals surface area (Å²) in [6.45, 7) is 4.69. The molecule has 10 aromatic carbocycles. The number of furan rings is 1. The van der Waals surface area contributed by atoms with Crippen LogP contribution >= 0.6 is 0 Å². The molecule has 0 aliphatic heterocycles. The summed E-state index contributed by atoms with van der Waals surface area (Å²) >= 11 is 0. The third kappa shape index (κ3) is 6.03. The van der Waals surface area contributed by atoms with Crippen LogP contribution in [-0.2, 0) is 5.41 Å². The van der Waals surface area contributed by atoms with Gasteiger partial charge in [-0.1, -0.05) is 166 Å². The highest BCUT2D eigenvalue weighted by atomic mass is 16.3. The number of oxazole rings is 1. The van der Waals surface area contributed by atoms with Gasteiger partial charge >= 0.3 is 0 Å². The molecule has 0 saturated heterocycles. The van der Waals surface area contributed by atoms with Gasteiger partial charge < -0.3 is 13.7 Å². The average Bonchev–Trinajstić information content (AvgIpc) is 4.04. The van der Waals surface area contributed by atoms with Crippen molar-refractivity contribution < 1.29 is 8.83 Å². The Labute approximate surface area is 382 Å². The molecule has 12 aromatic rings. The summed E-state index contributed by atoms with van der Waals surface area (Å²) in [7, 11) is 0. The Morgan fingerprint density at radius 3 is 1.77 bits per heavy atom. The molecule has 0 amide bonds. The highest BCUT2D eigenvalue weighted by molar-refractivity contribution is 6.23. The van der Waals surface area contributed by atoms with E-state index in [-0.39, 0.29) is 5.41 Å². The molecule has 0 fully saturated rings. The first-order chi connectivity index (χ1) is 32.5. The van der Waals surface area contributed by atoms with Crippen LogP contribution in [0.3, 0.4) is 0 Å². The molecule has 0 N–H and O–H groups in total. The Hall–Kier alpha value is -8.47. The molecule has 66 heavy (non-hydrogen) atoms. The van der Waals surface area contributed by atoms with Crippen LogP contribution in [0.25, 0.3) is 99.8 Å². The number of para-hydroxylation sites is 1. The van der Waals surface area contributed by atoms with Crippen LogP contribution in [0, 0.1) is 0 Å². The molecule has 2 heterocycles. The Balaban J connectivity index is 0.997. The number of aromatic nitrogens is 1. The summed E-state index contributed by atoms with van der Waals surface area (Å²) in [5, 5.41) is 4.28. The molecule has 0 radical (unpaired) electrons. The molecule has 0 spiro atoms. The quantitative estimate of drug-likeness (QED) is 0.160. The van der Waals surface area contributed by atoms with Gasteiger partial charge in [0.25, 0.3) is 0 Å². The van der Waals surface area contributed by atoms with Gasteiger partial charge in [0.05, 0.1) is 0 Å². The van der Waals surface area contributed by atoms with E-state index < -0.39 is 0 Å². The van der Waals surface area contributed by atoms with Gasteiger partial charge in [0.1, 0.15) is 16.7 Å². The molecule has 0 saturated carbocycles. The largest absolute Gasteiger partial charge is 0.456 e. The van der Waals surface area contributed by atoms with Gasteiger partial charge in [-0.05, 0) is 122 Å². The van der Waals surface area contributed by atoms with Crippen molar-refractivity contribution in [2.75, 3.05) is 4.90 Å². The molecular formula is C62H42N2O2. The van der Waals surface area contributed by atoms with E-state index in [2.05, 4.69) is 201 Å². The maximum absolute atomic E-state index is 6.82. The Morgan fingerprint density at radius 2 is 1.00 bits per heavy atom. The van der Waals surface area contributed by atoms with Crippen molar-refractivity contribution in [3.8, 4) is 56.0 Å². The van der Waals surface area contributed by atoms with Crippen LogP contribution < -0.4 is 4.90 Å². The lowest BCUT2D eigenvalue weighted by Crippen LogP contribution is -2.16. The first kappa shape index (κ1) is 38.0. The lowest BCUT2D eigenvalue weighted by atomic mass is 9.82. The predicted octanol–water partition coefficient (Wildman–Crippen LogP) is 17.3. The predicted molar refractivity (Wildman–Crippen MR) is 273 cm³/mol. The van der Waals surface area contributed by atoms with E-state index >= 15 is 0 Å². The van der Waals surface area contributed by atoms with E-state index in [1.54, 1.807) is 0 Å². The fourth-order valence-electron chi connectivity index (χ4n) is 10.4. The molecule has 1 aliphatic rings. The number of anilines is 3. The normalized spacial score (nSPS) is 12.8. The van der Waals surface area contributed by atoms with Gasteiger partial charge in [-0.3, -0.25) is 0 Å². The summed E-state index contributed by atoms with van der Waals surface area (Å²) in [5.74, 6) is 0.598. The second kappa shape index (κ2) is 14.8.